The van der Waals surface area contributed by atoms with Crippen molar-refractivity contribution < 1.29 is 14.7 Å². The maximum absolute atomic E-state index is 11.8. The van der Waals surface area contributed by atoms with Gasteiger partial charge in [-0.1, -0.05) is 30.3 Å². The van der Waals surface area contributed by atoms with Crippen LogP contribution >= 0.6 is 0 Å². The van der Waals surface area contributed by atoms with Gasteiger partial charge in [0.15, 0.2) is 0 Å². The molecule has 0 aromatic heterocycles. The molecule has 2 N–H and O–H groups in total. The van der Waals surface area contributed by atoms with Gasteiger partial charge in [-0.25, -0.2) is 0 Å². The summed E-state index contributed by atoms with van der Waals surface area (Å²) in [4.78, 5) is 22.2. The molecule has 1 aromatic carbocycles. The van der Waals surface area contributed by atoms with Crippen molar-refractivity contribution in [2.45, 2.75) is 45.1 Å². The van der Waals surface area contributed by atoms with E-state index in [2.05, 4.69) is 5.32 Å². The summed E-state index contributed by atoms with van der Waals surface area (Å²) in [6.07, 6.45) is 1.62. The van der Waals surface area contributed by atoms with Crippen LogP contribution < -0.4 is 5.32 Å². The van der Waals surface area contributed by atoms with Gasteiger partial charge in [0.2, 0.25) is 5.91 Å². The first-order valence-corrected chi connectivity index (χ1v) is 6.50. The number of carboxylic acid groups (broad SMARTS) is 1. The smallest absolute Gasteiger partial charge is 0.303 e. The van der Waals surface area contributed by atoms with Gasteiger partial charge in [-0.15, -0.1) is 0 Å². The Morgan fingerprint density at radius 3 is 2.26 bits per heavy atom. The highest BCUT2D eigenvalue weighted by Crippen LogP contribution is 2.19. The Bertz CT molecular complexity index is 426. The van der Waals surface area contributed by atoms with Crippen molar-refractivity contribution in [3.63, 3.8) is 0 Å². The Morgan fingerprint density at radius 1 is 1.11 bits per heavy atom. The standard InChI is InChI=1S/C15H21NO3/c1-15(2,12-8-4-3-5-9-12)16-13(17)10-6-7-11-14(18)19/h3-5,8-9H,6-7,10-11H2,1-2H3,(H,16,17)(H,18,19). The van der Waals surface area contributed by atoms with E-state index in [1.165, 1.54) is 0 Å². The molecule has 0 heterocycles. The zero-order chi connectivity index (χ0) is 14.3. The molecular formula is C15H21NO3. The van der Waals surface area contributed by atoms with E-state index < -0.39 is 11.5 Å². The van der Waals surface area contributed by atoms with E-state index in [0.717, 1.165) is 5.56 Å². The molecule has 0 spiro atoms. The van der Waals surface area contributed by atoms with Crippen LogP contribution in [-0.4, -0.2) is 17.0 Å². The second-order valence-electron chi connectivity index (χ2n) is 5.14. The predicted octanol–water partition coefficient (Wildman–Crippen LogP) is 2.68. The molecule has 0 aliphatic carbocycles. The molecule has 1 amide bonds. The highest BCUT2D eigenvalue weighted by atomic mass is 16.4. The van der Waals surface area contributed by atoms with Crippen molar-refractivity contribution >= 4 is 11.9 Å². The maximum Gasteiger partial charge on any atom is 0.303 e. The highest BCUT2D eigenvalue weighted by molar-refractivity contribution is 5.77. The number of benzene rings is 1. The van der Waals surface area contributed by atoms with Crippen molar-refractivity contribution in [2.75, 3.05) is 0 Å². The minimum atomic E-state index is -0.815. The van der Waals surface area contributed by atoms with E-state index in [4.69, 9.17) is 5.11 Å². The number of hydrogen-bond acceptors (Lipinski definition) is 2. The fourth-order valence-corrected chi connectivity index (χ4v) is 1.90. The number of amides is 1. The molecule has 0 aliphatic heterocycles. The van der Waals surface area contributed by atoms with Gasteiger partial charge in [0.1, 0.15) is 0 Å². The summed E-state index contributed by atoms with van der Waals surface area (Å²) < 4.78 is 0. The molecule has 104 valence electrons. The van der Waals surface area contributed by atoms with Crippen LogP contribution in [0.15, 0.2) is 30.3 Å². The number of hydrogen-bond donors (Lipinski definition) is 2. The lowest BCUT2D eigenvalue weighted by Crippen LogP contribution is -2.40. The SMILES string of the molecule is CC(C)(NC(=O)CCCCC(=O)O)c1ccccc1. The first-order chi connectivity index (χ1) is 8.92. The lowest BCUT2D eigenvalue weighted by molar-refractivity contribution is -0.137. The number of rotatable bonds is 7. The number of aliphatic carboxylic acids is 1. The molecule has 0 saturated heterocycles. The van der Waals surface area contributed by atoms with Crippen LogP contribution in [0.1, 0.15) is 45.1 Å². The largest absolute Gasteiger partial charge is 0.481 e. The van der Waals surface area contributed by atoms with Crippen molar-refractivity contribution in [3.8, 4) is 0 Å². The lowest BCUT2D eigenvalue weighted by atomic mass is 9.94. The van der Waals surface area contributed by atoms with Crippen molar-refractivity contribution in [1.29, 1.82) is 0 Å². The fraction of sp³-hybridized carbons (Fsp3) is 0.467. The molecule has 0 saturated carbocycles. The molecule has 0 fully saturated rings. The van der Waals surface area contributed by atoms with E-state index >= 15 is 0 Å². The molecule has 1 aromatic rings. The summed E-state index contributed by atoms with van der Waals surface area (Å²) in [5.74, 6) is -0.857. The van der Waals surface area contributed by atoms with Crippen LogP contribution in [-0.2, 0) is 15.1 Å². The first kappa shape index (κ1) is 15.2. The molecule has 1 rings (SSSR count). The number of carbonyl (C=O) groups excluding carboxylic acids is 1. The molecule has 0 radical (unpaired) electrons. The van der Waals surface area contributed by atoms with E-state index in [-0.39, 0.29) is 12.3 Å². The number of unbranched alkanes of at least 4 members (excludes halogenated alkanes) is 1. The summed E-state index contributed by atoms with van der Waals surface area (Å²) >= 11 is 0. The highest BCUT2D eigenvalue weighted by Gasteiger charge is 2.21. The summed E-state index contributed by atoms with van der Waals surface area (Å²) in [5, 5.41) is 11.5. The molecule has 0 unspecified atom stereocenters. The molecular weight excluding hydrogens is 242 g/mol. The molecule has 4 heteroatoms. The summed E-state index contributed by atoms with van der Waals surface area (Å²) in [6.45, 7) is 3.91. The minimum absolute atomic E-state index is 0.0424. The summed E-state index contributed by atoms with van der Waals surface area (Å²) in [5.41, 5.74) is 0.638. The minimum Gasteiger partial charge on any atom is -0.481 e. The summed E-state index contributed by atoms with van der Waals surface area (Å²) in [7, 11) is 0. The number of carboxylic acids is 1. The maximum atomic E-state index is 11.8. The molecule has 0 atom stereocenters. The van der Waals surface area contributed by atoms with Crippen molar-refractivity contribution in [1.82, 2.24) is 5.32 Å². The van der Waals surface area contributed by atoms with Gasteiger partial charge < -0.3 is 10.4 Å². The van der Waals surface area contributed by atoms with Crippen molar-refractivity contribution in [2.24, 2.45) is 0 Å². The van der Waals surface area contributed by atoms with E-state index in [1.54, 1.807) is 0 Å². The Morgan fingerprint density at radius 2 is 1.68 bits per heavy atom. The Balaban J connectivity index is 2.41. The van der Waals surface area contributed by atoms with Gasteiger partial charge in [0.05, 0.1) is 5.54 Å². The van der Waals surface area contributed by atoms with Crippen LogP contribution in [0.4, 0.5) is 0 Å². The van der Waals surface area contributed by atoms with Gasteiger partial charge in [-0.2, -0.15) is 0 Å². The van der Waals surface area contributed by atoms with Gasteiger partial charge in [0.25, 0.3) is 0 Å². The zero-order valence-corrected chi connectivity index (χ0v) is 11.5. The van der Waals surface area contributed by atoms with Crippen LogP contribution in [0.5, 0.6) is 0 Å². The lowest BCUT2D eigenvalue weighted by Gasteiger charge is -2.27. The monoisotopic (exact) mass is 263 g/mol. The van der Waals surface area contributed by atoms with Crippen molar-refractivity contribution in [3.05, 3.63) is 35.9 Å². The Labute approximate surface area is 113 Å². The third-order valence-corrected chi connectivity index (χ3v) is 2.99. The fourth-order valence-electron chi connectivity index (χ4n) is 1.90. The average molecular weight is 263 g/mol. The number of nitrogens with one attached hydrogen (secondary N) is 1. The van der Waals surface area contributed by atoms with Gasteiger partial charge in [0, 0.05) is 12.8 Å². The second-order valence-corrected chi connectivity index (χ2v) is 5.14. The molecule has 4 nitrogen and oxygen atoms in total. The molecule has 19 heavy (non-hydrogen) atoms. The average Bonchev–Trinajstić information content (AvgIpc) is 2.35. The first-order valence-electron chi connectivity index (χ1n) is 6.50. The third kappa shape index (κ3) is 5.55. The van der Waals surface area contributed by atoms with Gasteiger partial charge in [-0.3, -0.25) is 9.59 Å². The van der Waals surface area contributed by atoms with Crippen LogP contribution in [0.2, 0.25) is 0 Å². The van der Waals surface area contributed by atoms with Crippen LogP contribution in [0.25, 0.3) is 0 Å². The number of carbonyl (C=O) groups is 2. The Hall–Kier alpha value is -1.84. The van der Waals surface area contributed by atoms with E-state index in [9.17, 15) is 9.59 Å². The molecule has 0 aliphatic rings. The normalized spacial score (nSPS) is 11.1. The summed E-state index contributed by atoms with van der Waals surface area (Å²) in [6, 6.07) is 9.77. The van der Waals surface area contributed by atoms with Crippen LogP contribution in [0, 0.1) is 0 Å². The topological polar surface area (TPSA) is 66.4 Å². The van der Waals surface area contributed by atoms with Gasteiger partial charge >= 0.3 is 5.97 Å². The van der Waals surface area contributed by atoms with Crippen LogP contribution in [0.3, 0.4) is 0 Å². The van der Waals surface area contributed by atoms with Gasteiger partial charge in [-0.05, 0) is 32.3 Å². The Kier molecular flexibility index (Phi) is 5.55. The van der Waals surface area contributed by atoms with E-state index in [0.29, 0.717) is 19.3 Å². The third-order valence-electron chi connectivity index (χ3n) is 2.99. The second kappa shape index (κ2) is 6.92. The zero-order valence-electron chi connectivity index (χ0n) is 11.5. The quantitative estimate of drug-likeness (QED) is 0.743. The molecule has 0 bridgehead atoms. The van der Waals surface area contributed by atoms with E-state index in [1.807, 2.05) is 44.2 Å². The predicted molar refractivity (Wildman–Crippen MR) is 73.7 cm³/mol.